The molecule has 0 fully saturated rings. The van der Waals surface area contributed by atoms with Gasteiger partial charge in [-0.05, 0) is 23.3 Å². The van der Waals surface area contributed by atoms with Crippen molar-refractivity contribution in [2.24, 2.45) is 0 Å². The average molecular weight is 343 g/mol. The number of rotatable bonds is 5. The van der Waals surface area contributed by atoms with Crippen LogP contribution in [-0.2, 0) is 0 Å². The van der Waals surface area contributed by atoms with Crippen molar-refractivity contribution < 1.29 is 4.92 Å². The summed E-state index contributed by atoms with van der Waals surface area (Å²) in [5.74, 6) is -0.384. The summed E-state index contributed by atoms with van der Waals surface area (Å²) in [5.41, 5.74) is 5.31. The fourth-order valence-corrected chi connectivity index (χ4v) is 3.41. The van der Waals surface area contributed by atoms with Gasteiger partial charge in [-0.1, -0.05) is 60.7 Å². The van der Waals surface area contributed by atoms with Gasteiger partial charge in [0, 0.05) is 16.7 Å². The quantitative estimate of drug-likeness (QED) is 0.424. The molecule has 0 amide bonds. The van der Waals surface area contributed by atoms with E-state index in [0.29, 0.717) is 0 Å². The predicted molar refractivity (Wildman–Crippen MR) is 102 cm³/mol. The maximum Gasteiger partial charge on any atom is 0.214 e. The minimum atomic E-state index is -0.384. The molecule has 5 nitrogen and oxygen atoms in total. The van der Waals surface area contributed by atoms with Gasteiger partial charge in [-0.25, -0.2) is 0 Å². The molecular formula is C21H17N3O2. The smallest absolute Gasteiger partial charge is 0.214 e. The molecule has 2 aromatic carbocycles. The SMILES string of the molecule is O=[N+]([O-])CC(c1ccccc1)c1c(-c2ccccc2)[nH]c2cccnc12. The van der Waals surface area contributed by atoms with Crippen LogP contribution in [0.1, 0.15) is 17.0 Å². The zero-order chi connectivity index (χ0) is 17.9. The second-order valence-corrected chi connectivity index (χ2v) is 6.16. The van der Waals surface area contributed by atoms with Gasteiger partial charge in [0.25, 0.3) is 0 Å². The minimum absolute atomic E-state index is 0.187. The van der Waals surface area contributed by atoms with Gasteiger partial charge in [0.1, 0.15) is 0 Å². The zero-order valence-corrected chi connectivity index (χ0v) is 14.0. The minimum Gasteiger partial charge on any atom is -0.353 e. The molecule has 0 saturated heterocycles. The normalized spacial score (nSPS) is 12.2. The van der Waals surface area contributed by atoms with Crippen LogP contribution in [0.3, 0.4) is 0 Å². The van der Waals surface area contributed by atoms with Crippen LogP contribution in [-0.4, -0.2) is 21.4 Å². The highest BCUT2D eigenvalue weighted by atomic mass is 16.6. The Morgan fingerprint density at radius 1 is 0.962 bits per heavy atom. The van der Waals surface area contributed by atoms with E-state index < -0.39 is 0 Å². The molecular weight excluding hydrogens is 326 g/mol. The number of nitro groups is 1. The number of pyridine rings is 1. The van der Waals surface area contributed by atoms with Gasteiger partial charge in [-0.2, -0.15) is 0 Å². The Labute approximate surface area is 150 Å². The molecule has 2 aromatic heterocycles. The molecule has 0 aliphatic heterocycles. The molecule has 0 spiro atoms. The first-order valence-electron chi connectivity index (χ1n) is 8.43. The molecule has 1 atom stereocenters. The zero-order valence-electron chi connectivity index (χ0n) is 14.0. The van der Waals surface area contributed by atoms with Gasteiger partial charge >= 0.3 is 0 Å². The topological polar surface area (TPSA) is 71.8 Å². The van der Waals surface area contributed by atoms with E-state index in [9.17, 15) is 10.1 Å². The van der Waals surface area contributed by atoms with Crippen molar-refractivity contribution in [3.63, 3.8) is 0 Å². The molecule has 4 rings (SSSR count). The van der Waals surface area contributed by atoms with Gasteiger partial charge in [0.15, 0.2) is 0 Å². The fraction of sp³-hybridized carbons (Fsp3) is 0.0952. The summed E-state index contributed by atoms with van der Waals surface area (Å²) < 4.78 is 0. The van der Waals surface area contributed by atoms with Gasteiger partial charge < -0.3 is 4.98 Å². The molecule has 1 unspecified atom stereocenters. The van der Waals surface area contributed by atoms with Crippen molar-refractivity contribution in [1.82, 2.24) is 9.97 Å². The molecule has 4 aromatic rings. The monoisotopic (exact) mass is 343 g/mol. The highest BCUT2D eigenvalue weighted by molar-refractivity contribution is 5.88. The van der Waals surface area contributed by atoms with Crippen molar-refractivity contribution >= 4 is 11.0 Å². The van der Waals surface area contributed by atoms with E-state index >= 15 is 0 Å². The Bertz CT molecular complexity index is 1040. The number of aromatic nitrogens is 2. The lowest BCUT2D eigenvalue weighted by Crippen LogP contribution is -2.14. The van der Waals surface area contributed by atoms with Crippen LogP contribution in [0.4, 0.5) is 0 Å². The number of hydrogen-bond acceptors (Lipinski definition) is 3. The van der Waals surface area contributed by atoms with Crippen molar-refractivity contribution in [3.05, 3.63) is 100 Å². The first kappa shape index (κ1) is 16.0. The Balaban J connectivity index is 1.99. The molecule has 1 N–H and O–H groups in total. The Morgan fingerprint density at radius 3 is 2.35 bits per heavy atom. The number of H-pyrrole nitrogens is 1. The third kappa shape index (κ3) is 2.95. The largest absolute Gasteiger partial charge is 0.353 e. The molecule has 2 heterocycles. The van der Waals surface area contributed by atoms with E-state index in [2.05, 4.69) is 9.97 Å². The van der Waals surface area contributed by atoms with Gasteiger partial charge in [0.2, 0.25) is 6.54 Å². The summed E-state index contributed by atoms with van der Waals surface area (Å²) in [6.07, 6.45) is 1.72. The third-order valence-electron chi connectivity index (χ3n) is 4.54. The predicted octanol–water partition coefficient (Wildman–Crippen LogP) is 4.64. The molecule has 0 radical (unpaired) electrons. The molecule has 128 valence electrons. The number of nitrogens with zero attached hydrogens (tertiary/aromatic N) is 2. The molecule has 0 bridgehead atoms. The van der Waals surface area contributed by atoms with E-state index in [-0.39, 0.29) is 17.4 Å². The number of benzene rings is 2. The lowest BCUT2D eigenvalue weighted by atomic mass is 9.89. The highest BCUT2D eigenvalue weighted by Gasteiger charge is 2.28. The second kappa shape index (κ2) is 6.80. The number of nitrogens with one attached hydrogen (secondary N) is 1. The second-order valence-electron chi connectivity index (χ2n) is 6.16. The first-order chi connectivity index (χ1) is 12.7. The van der Waals surface area contributed by atoms with Crippen molar-refractivity contribution in [2.75, 3.05) is 6.54 Å². The lowest BCUT2D eigenvalue weighted by Gasteiger charge is -2.15. The van der Waals surface area contributed by atoms with Gasteiger partial charge in [-0.3, -0.25) is 15.1 Å². The van der Waals surface area contributed by atoms with Crippen LogP contribution in [0, 0.1) is 10.1 Å². The van der Waals surface area contributed by atoms with Crippen molar-refractivity contribution in [2.45, 2.75) is 5.92 Å². The maximum absolute atomic E-state index is 11.4. The average Bonchev–Trinajstić information content (AvgIpc) is 3.07. The van der Waals surface area contributed by atoms with E-state index in [4.69, 9.17) is 0 Å². The molecule has 5 heteroatoms. The molecule has 0 saturated carbocycles. The maximum atomic E-state index is 11.4. The van der Waals surface area contributed by atoms with Crippen LogP contribution < -0.4 is 0 Å². The van der Waals surface area contributed by atoms with Crippen molar-refractivity contribution in [1.29, 1.82) is 0 Å². The summed E-state index contributed by atoms with van der Waals surface area (Å²) >= 11 is 0. The fourth-order valence-electron chi connectivity index (χ4n) is 3.41. The van der Waals surface area contributed by atoms with Crippen LogP contribution in [0.15, 0.2) is 79.0 Å². The summed E-state index contributed by atoms with van der Waals surface area (Å²) in [4.78, 5) is 19.1. The Kier molecular flexibility index (Phi) is 4.19. The molecule has 0 aliphatic carbocycles. The number of hydrogen-bond donors (Lipinski definition) is 1. The standard InChI is InChI=1S/C21H17N3O2/c25-24(26)14-17(15-8-3-1-4-9-15)19-20(16-10-5-2-6-11-16)23-18-12-7-13-22-21(18)19/h1-13,17,23H,14H2. The molecule has 26 heavy (non-hydrogen) atoms. The van der Waals surface area contributed by atoms with Gasteiger partial charge in [0.05, 0.1) is 22.6 Å². The number of aromatic amines is 1. The third-order valence-corrected chi connectivity index (χ3v) is 4.54. The van der Waals surface area contributed by atoms with Crippen molar-refractivity contribution in [3.8, 4) is 11.3 Å². The van der Waals surface area contributed by atoms with E-state index in [1.54, 1.807) is 6.20 Å². The number of fused-ring (bicyclic) bond motifs is 1. The van der Waals surface area contributed by atoms with E-state index in [1.165, 1.54) is 0 Å². The van der Waals surface area contributed by atoms with Crippen LogP contribution >= 0.6 is 0 Å². The summed E-state index contributed by atoms with van der Waals surface area (Å²) in [6, 6.07) is 23.3. The van der Waals surface area contributed by atoms with Crippen LogP contribution in [0.25, 0.3) is 22.3 Å². The summed E-state index contributed by atoms with van der Waals surface area (Å²) in [5, 5.41) is 11.4. The van der Waals surface area contributed by atoms with Crippen LogP contribution in [0.2, 0.25) is 0 Å². The highest BCUT2D eigenvalue weighted by Crippen LogP contribution is 2.37. The Morgan fingerprint density at radius 2 is 1.65 bits per heavy atom. The summed E-state index contributed by atoms with van der Waals surface area (Å²) in [6.45, 7) is -0.187. The first-order valence-corrected chi connectivity index (χ1v) is 8.43. The van der Waals surface area contributed by atoms with E-state index in [0.717, 1.165) is 33.4 Å². The lowest BCUT2D eigenvalue weighted by molar-refractivity contribution is -0.481. The summed E-state index contributed by atoms with van der Waals surface area (Å²) in [7, 11) is 0. The van der Waals surface area contributed by atoms with Gasteiger partial charge in [-0.15, -0.1) is 0 Å². The van der Waals surface area contributed by atoms with E-state index in [1.807, 2.05) is 72.8 Å². The molecule has 0 aliphatic rings. The Hall–Kier alpha value is -3.47. The van der Waals surface area contributed by atoms with Crippen LogP contribution in [0.5, 0.6) is 0 Å².